The van der Waals surface area contributed by atoms with E-state index in [2.05, 4.69) is 5.10 Å². The summed E-state index contributed by atoms with van der Waals surface area (Å²) in [5.74, 6) is 0. The Balaban J connectivity index is 2.40. The predicted octanol–water partition coefficient (Wildman–Crippen LogP) is 0.00470. The Morgan fingerprint density at radius 3 is 3.00 bits per heavy atom. The zero-order chi connectivity index (χ0) is 11.0. The summed E-state index contributed by atoms with van der Waals surface area (Å²) in [5, 5.41) is 13.5. The van der Waals surface area contributed by atoms with Gasteiger partial charge in [0.15, 0.2) is 5.15 Å². The third-order valence-corrected chi connectivity index (χ3v) is 2.70. The number of β-amino-alcohol motifs (C(OH)–C–C–N with tert-alkyl or cyclic N) is 1. The molecule has 0 saturated carbocycles. The average Bonchev–Trinajstić information content (AvgIpc) is 2.58. The molecule has 0 aromatic carbocycles. The van der Waals surface area contributed by atoms with Crippen molar-refractivity contribution >= 4 is 17.3 Å². The molecule has 2 rings (SSSR count). The van der Waals surface area contributed by atoms with Crippen LogP contribution in [0.1, 0.15) is 6.42 Å². The van der Waals surface area contributed by atoms with Crippen molar-refractivity contribution < 1.29 is 5.11 Å². The second-order valence-electron chi connectivity index (χ2n) is 3.67. The molecule has 0 aliphatic carbocycles. The van der Waals surface area contributed by atoms with Crippen molar-refractivity contribution in [2.24, 2.45) is 7.05 Å². The van der Waals surface area contributed by atoms with Crippen molar-refractivity contribution in [3.63, 3.8) is 0 Å². The van der Waals surface area contributed by atoms with E-state index in [1.807, 2.05) is 4.90 Å². The smallest absolute Gasteiger partial charge is 0.290 e. The van der Waals surface area contributed by atoms with Gasteiger partial charge in [-0.25, -0.2) is 4.68 Å². The molecule has 0 bridgehead atoms. The molecule has 0 radical (unpaired) electrons. The van der Waals surface area contributed by atoms with Crippen molar-refractivity contribution in [3.05, 3.63) is 21.6 Å². The zero-order valence-electron chi connectivity index (χ0n) is 8.35. The van der Waals surface area contributed by atoms with E-state index >= 15 is 0 Å². The molecule has 1 aliphatic heterocycles. The van der Waals surface area contributed by atoms with Crippen LogP contribution in [0.3, 0.4) is 0 Å². The maximum atomic E-state index is 11.7. The fourth-order valence-corrected chi connectivity index (χ4v) is 1.96. The molecule has 82 valence electrons. The van der Waals surface area contributed by atoms with Crippen molar-refractivity contribution in [2.45, 2.75) is 12.5 Å². The van der Waals surface area contributed by atoms with Gasteiger partial charge in [-0.15, -0.1) is 0 Å². The van der Waals surface area contributed by atoms with Crippen LogP contribution in [0.4, 0.5) is 5.69 Å². The number of hydrogen-bond donors (Lipinski definition) is 1. The molecule has 1 N–H and O–H groups in total. The van der Waals surface area contributed by atoms with E-state index in [9.17, 15) is 9.90 Å². The highest BCUT2D eigenvalue weighted by Gasteiger charge is 2.23. The SMILES string of the molecule is Cn1nc(Cl)cc(N2CCC(O)C2)c1=O. The molecule has 2 heterocycles. The lowest BCUT2D eigenvalue weighted by Crippen LogP contribution is -2.31. The molecular weight excluding hydrogens is 218 g/mol. The molecular formula is C9H12ClN3O2. The standard InChI is InChI=1S/C9H12ClN3O2/c1-12-9(15)7(4-8(10)11-12)13-3-2-6(14)5-13/h4,6,14H,2-3,5H2,1H3. The van der Waals surface area contributed by atoms with Gasteiger partial charge in [0, 0.05) is 26.2 Å². The molecule has 6 heteroatoms. The summed E-state index contributed by atoms with van der Waals surface area (Å²) in [6.45, 7) is 1.16. The number of halogens is 1. The quantitative estimate of drug-likeness (QED) is 0.737. The van der Waals surface area contributed by atoms with E-state index in [1.54, 1.807) is 13.1 Å². The van der Waals surface area contributed by atoms with Gasteiger partial charge in [0.2, 0.25) is 0 Å². The topological polar surface area (TPSA) is 58.4 Å². The Hall–Kier alpha value is -1.07. The first kappa shape index (κ1) is 10.4. The highest BCUT2D eigenvalue weighted by atomic mass is 35.5. The molecule has 5 nitrogen and oxygen atoms in total. The van der Waals surface area contributed by atoms with Gasteiger partial charge in [0.25, 0.3) is 5.56 Å². The molecule has 0 amide bonds. The lowest BCUT2D eigenvalue weighted by molar-refractivity contribution is 0.198. The van der Waals surface area contributed by atoms with Gasteiger partial charge in [-0.05, 0) is 6.42 Å². The monoisotopic (exact) mass is 229 g/mol. The normalized spacial score (nSPS) is 21.0. The number of aliphatic hydroxyl groups is 1. The van der Waals surface area contributed by atoms with E-state index in [4.69, 9.17) is 11.6 Å². The van der Waals surface area contributed by atoms with Crippen LogP contribution in [-0.4, -0.2) is 34.1 Å². The summed E-state index contributed by atoms with van der Waals surface area (Å²) >= 11 is 5.78. The Bertz CT molecular complexity index is 432. The van der Waals surface area contributed by atoms with Crippen LogP contribution < -0.4 is 10.5 Å². The summed E-state index contributed by atoms with van der Waals surface area (Å²) in [6, 6.07) is 1.54. The predicted molar refractivity (Wildman–Crippen MR) is 57.3 cm³/mol. The number of hydrogen-bond acceptors (Lipinski definition) is 4. The van der Waals surface area contributed by atoms with Crippen molar-refractivity contribution in [1.29, 1.82) is 0 Å². The summed E-state index contributed by atoms with van der Waals surface area (Å²) in [6.07, 6.45) is 0.324. The minimum atomic E-state index is -0.360. The minimum Gasteiger partial charge on any atom is -0.391 e. The Kier molecular flexibility index (Phi) is 2.67. The van der Waals surface area contributed by atoms with Crippen LogP contribution in [-0.2, 0) is 7.05 Å². The summed E-state index contributed by atoms with van der Waals surface area (Å²) < 4.78 is 1.21. The van der Waals surface area contributed by atoms with Gasteiger partial charge >= 0.3 is 0 Å². The van der Waals surface area contributed by atoms with E-state index in [-0.39, 0.29) is 16.8 Å². The molecule has 0 spiro atoms. The van der Waals surface area contributed by atoms with Gasteiger partial charge < -0.3 is 10.0 Å². The number of anilines is 1. The summed E-state index contributed by atoms with van der Waals surface area (Å²) in [7, 11) is 1.56. The summed E-state index contributed by atoms with van der Waals surface area (Å²) in [4.78, 5) is 13.6. The van der Waals surface area contributed by atoms with Gasteiger partial charge in [-0.2, -0.15) is 5.10 Å². The van der Waals surface area contributed by atoms with Crippen LogP contribution in [0.5, 0.6) is 0 Å². The molecule has 1 atom stereocenters. The minimum absolute atomic E-state index is 0.187. The molecule has 1 aromatic rings. The third kappa shape index (κ3) is 1.98. The van der Waals surface area contributed by atoms with Crippen molar-refractivity contribution in [2.75, 3.05) is 18.0 Å². The highest BCUT2D eigenvalue weighted by Crippen LogP contribution is 2.18. The van der Waals surface area contributed by atoms with Crippen LogP contribution in [0.25, 0.3) is 0 Å². The maximum Gasteiger partial charge on any atom is 0.290 e. The first-order valence-corrected chi connectivity index (χ1v) is 5.12. The number of rotatable bonds is 1. The van der Waals surface area contributed by atoms with Crippen molar-refractivity contribution in [3.8, 4) is 0 Å². The van der Waals surface area contributed by atoms with Crippen molar-refractivity contribution in [1.82, 2.24) is 9.78 Å². The number of aryl methyl sites for hydroxylation is 1. The second kappa shape index (κ2) is 3.83. The lowest BCUT2D eigenvalue weighted by atomic mass is 10.3. The van der Waals surface area contributed by atoms with E-state index in [0.717, 1.165) is 0 Å². The number of aliphatic hydroxyl groups excluding tert-OH is 1. The highest BCUT2D eigenvalue weighted by molar-refractivity contribution is 6.29. The summed E-state index contributed by atoms with van der Waals surface area (Å²) in [5.41, 5.74) is 0.322. The Morgan fingerprint density at radius 2 is 2.40 bits per heavy atom. The van der Waals surface area contributed by atoms with E-state index in [1.165, 1.54) is 4.68 Å². The fourth-order valence-electron chi connectivity index (χ4n) is 1.75. The average molecular weight is 230 g/mol. The van der Waals surface area contributed by atoms with E-state index < -0.39 is 0 Å². The van der Waals surface area contributed by atoms with Crippen LogP contribution in [0, 0.1) is 0 Å². The maximum absolute atomic E-state index is 11.7. The van der Waals surface area contributed by atoms with E-state index in [0.29, 0.717) is 25.2 Å². The first-order chi connectivity index (χ1) is 7.08. The Labute approximate surface area is 91.9 Å². The van der Waals surface area contributed by atoms with Crippen LogP contribution >= 0.6 is 11.6 Å². The molecule has 1 fully saturated rings. The largest absolute Gasteiger partial charge is 0.391 e. The fraction of sp³-hybridized carbons (Fsp3) is 0.556. The van der Waals surface area contributed by atoms with Gasteiger partial charge in [-0.1, -0.05) is 11.6 Å². The zero-order valence-corrected chi connectivity index (χ0v) is 9.11. The second-order valence-corrected chi connectivity index (χ2v) is 4.06. The van der Waals surface area contributed by atoms with Crippen LogP contribution in [0.15, 0.2) is 10.9 Å². The molecule has 1 aromatic heterocycles. The Morgan fingerprint density at radius 1 is 1.67 bits per heavy atom. The molecule has 1 saturated heterocycles. The molecule has 15 heavy (non-hydrogen) atoms. The third-order valence-electron chi connectivity index (χ3n) is 2.52. The van der Waals surface area contributed by atoms with Gasteiger partial charge in [0.05, 0.1) is 6.10 Å². The first-order valence-electron chi connectivity index (χ1n) is 4.75. The number of aromatic nitrogens is 2. The molecule has 1 unspecified atom stereocenters. The lowest BCUT2D eigenvalue weighted by Gasteiger charge is -2.17. The number of nitrogens with zero attached hydrogens (tertiary/aromatic N) is 3. The van der Waals surface area contributed by atoms with Gasteiger partial charge in [-0.3, -0.25) is 4.79 Å². The van der Waals surface area contributed by atoms with Crippen LogP contribution in [0.2, 0.25) is 5.15 Å². The van der Waals surface area contributed by atoms with Gasteiger partial charge in [0.1, 0.15) is 5.69 Å². The molecule has 1 aliphatic rings.